The van der Waals surface area contributed by atoms with Crippen LogP contribution in [-0.2, 0) is 0 Å². The van der Waals surface area contributed by atoms with E-state index < -0.39 is 0 Å². The first-order valence-electron chi connectivity index (χ1n) is 13.0. The van der Waals surface area contributed by atoms with Gasteiger partial charge in [-0.15, -0.1) is 0 Å². The first-order valence-corrected chi connectivity index (χ1v) is 13.0. The number of rotatable bonds is 5. The van der Waals surface area contributed by atoms with Gasteiger partial charge >= 0.3 is 0 Å². The molecule has 0 aliphatic rings. The zero-order valence-corrected chi connectivity index (χ0v) is 21.3. The van der Waals surface area contributed by atoms with Gasteiger partial charge in [0.05, 0.1) is 28.4 Å². The molecule has 0 aliphatic heterocycles. The molecule has 0 aliphatic carbocycles. The maximum Gasteiger partial charge on any atom is 0.137 e. The second-order valence-electron chi connectivity index (χ2n) is 9.54. The summed E-state index contributed by atoms with van der Waals surface area (Å²) in [5.74, 6) is 3.20. The van der Waals surface area contributed by atoms with E-state index in [2.05, 4.69) is 50.9 Å². The first-order chi connectivity index (χ1) is 19.8. The number of fused-ring (bicyclic) bond motifs is 4. The predicted molar refractivity (Wildman–Crippen MR) is 157 cm³/mol. The van der Waals surface area contributed by atoms with Crippen molar-refractivity contribution in [1.82, 2.24) is 28.9 Å². The van der Waals surface area contributed by atoms with Crippen LogP contribution >= 0.6 is 0 Å². The summed E-state index contributed by atoms with van der Waals surface area (Å²) >= 11 is 0. The highest BCUT2D eigenvalue weighted by molar-refractivity contribution is 6.09. The lowest BCUT2D eigenvalue weighted by atomic mass is 10.1. The Morgan fingerprint density at radius 1 is 0.575 bits per heavy atom. The second-order valence-corrected chi connectivity index (χ2v) is 9.54. The van der Waals surface area contributed by atoms with E-state index in [4.69, 9.17) is 9.84 Å². The lowest BCUT2D eigenvalue weighted by Crippen LogP contribution is -1.97. The highest BCUT2D eigenvalue weighted by Crippen LogP contribution is 2.35. The van der Waals surface area contributed by atoms with Crippen molar-refractivity contribution >= 4 is 32.8 Å². The van der Waals surface area contributed by atoms with Crippen LogP contribution in [-0.4, -0.2) is 28.9 Å². The molecule has 5 aromatic heterocycles. The van der Waals surface area contributed by atoms with E-state index in [1.807, 2.05) is 101 Å². The number of hydrogen-bond acceptors (Lipinski definition) is 4. The van der Waals surface area contributed by atoms with Gasteiger partial charge in [-0.05, 0) is 60.7 Å². The fourth-order valence-electron chi connectivity index (χ4n) is 5.31. The Morgan fingerprint density at radius 2 is 1.35 bits per heavy atom. The molecule has 8 rings (SSSR count). The van der Waals surface area contributed by atoms with E-state index in [1.165, 1.54) is 5.39 Å². The Morgan fingerprint density at radius 3 is 2.20 bits per heavy atom. The molecule has 0 radical (unpaired) electrons. The number of hydrogen-bond donors (Lipinski definition) is 0. The standard InChI is InChI=1S/C33H22N6O/c1-2-11-29-26(10-1)27-15-14-25(21-30(27)39(29)33-13-4-6-18-35-33)40-24-9-7-8-23(20-24)38-22-31-28(36-38)16-19-37(31)32-12-3-5-17-34-32/h1-22H. The topological polar surface area (TPSA) is 62.7 Å². The van der Waals surface area contributed by atoms with E-state index in [-0.39, 0.29) is 0 Å². The van der Waals surface area contributed by atoms with Crippen molar-refractivity contribution in [3.8, 4) is 28.8 Å². The van der Waals surface area contributed by atoms with Crippen LogP contribution in [0.1, 0.15) is 0 Å². The maximum atomic E-state index is 6.39. The summed E-state index contributed by atoms with van der Waals surface area (Å²) < 4.78 is 12.5. The minimum atomic E-state index is 0.727. The molecule has 0 amide bonds. The summed E-state index contributed by atoms with van der Waals surface area (Å²) in [5, 5.41) is 7.12. The molecule has 0 bridgehead atoms. The molecule has 5 heterocycles. The van der Waals surface area contributed by atoms with Gasteiger partial charge in [0.1, 0.15) is 28.7 Å². The molecule has 0 N–H and O–H groups in total. The average Bonchev–Trinajstić information content (AvgIpc) is 3.69. The molecule has 190 valence electrons. The van der Waals surface area contributed by atoms with Crippen LogP contribution in [0.2, 0.25) is 0 Å². The molecule has 0 fully saturated rings. The van der Waals surface area contributed by atoms with Crippen molar-refractivity contribution < 1.29 is 4.74 Å². The van der Waals surface area contributed by atoms with E-state index in [0.29, 0.717) is 0 Å². The Kier molecular flexibility index (Phi) is 4.99. The third-order valence-electron chi connectivity index (χ3n) is 7.10. The van der Waals surface area contributed by atoms with Gasteiger partial charge in [-0.2, -0.15) is 5.10 Å². The summed E-state index contributed by atoms with van der Waals surface area (Å²) in [6.45, 7) is 0. The molecule has 0 atom stereocenters. The molecule has 3 aromatic carbocycles. The molecule has 0 unspecified atom stereocenters. The minimum absolute atomic E-state index is 0.727. The van der Waals surface area contributed by atoms with Crippen molar-refractivity contribution in [2.75, 3.05) is 0 Å². The second kappa shape index (κ2) is 8.96. The summed E-state index contributed by atoms with van der Waals surface area (Å²) in [6.07, 6.45) is 7.61. The zero-order valence-electron chi connectivity index (χ0n) is 21.3. The van der Waals surface area contributed by atoms with Crippen LogP contribution in [0.5, 0.6) is 11.5 Å². The largest absolute Gasteiger partial charge is 0.457 e. The number of para-hydroxylation sites is 1. The lowest BCUT2D eigenvalue weighted by Gasteiger charge is -2.10. The predicted octanol–water partition coefficient (Wildman–Crippen LogP) is 7.50. The van der Waals surface area contributed by atoms with E-state index in [1.54, 1.807) is 6.20 Å². The number of ether oxygens (including phenoxy) is 1. The Hall–Kier alpha value is -5.69. The number of nitrogens with zero attached hydrogens (tertiary/aromatic N) is 6. The van der Waals surface area contributed by atoms with Crippen LogP contribution in [0, 0.1) is 0 Å². The van der Waals surface area contributed by atoms with E-state index in [0.717, 1.165) is 56.3 Å². The normalized spacial score (nSPS) is 11.5. The smallest absolute Gasteiger partial charge is 0.137 e. The average molecular weight is 519 g/mol. The molecule has 40 heavy (non-hydrogen) atoms. The number of pyridine rings is 2. The van der Waals surface area contributed by atoms with Gasteiger partial charge in [0.25, 0.3) is 0 Å². The van der Waals surface area contributed by atoms with Crippen LogP contribution < -0.4 is 4.74 Å². The monoisotopic (exact) mass is 518 g/mol. The zero-order chi connectivity index (χ0) is 26.5. The maximum absolute atomic E-state index is 6.39. The third-order valence-corrected chi connectivity index (χ3v) is 7.10. The number of aromatic nitrogens is 6. The number of benzene rings is 3. The molecule has 8 aromatic rings. The third kappa shape index (κ3) is 3.64. The van der Waals surface area contributed by atoms with Gasteiger partial charge in [0.2, 0.25) is 0 Å². The van der Waals surface area contributed by atoms with Crippen LogP contribution in [0.4, 0.5) is 0 Å². The molecule has 7 heteroatoms. The molecule has 0 saturated carbocycles. The van der Waals surface area contributed by atoms with Gasteiger partial charge in [-0.25, -0.2) is 14.6 Å². The van der Waals surface area contributed by atoms with Crippen LogP contribution in [0.25, 0.3) is 50.2 Å². The van der Waals surface area contributed by atoms with Crippen molar-refractivity contribution in [3.05, 3.63) is 134 Å². The van der Waals surface area contributed by atoms with Gasteiger partial charge in [-0.1, -0.05) is 36.4 Å². The molecular weight excluding hydrogens is 496 g/mol. The quantitative estimate of drug-likeness (QED) is 0.237. The van der Waals surface area contributed by atoms with Crippen molar-refractivity contribution in [1.29, 1.82) is 0 Å². The molecule has 0 spiro atoms. The van der Waals surface area contributed by atoms with E-state index >= 15 is 0 Å². The minimum Gasteiger partial charge on any atom is -0.457 e. The lowest BCUT2D eigenvalue weighted by molar-refractivity contribution is 0.483. The van der Waals surface area contributed by atoms with Gasteiger partial charge in [0, 0.05) is 41.5 Å². The Balaban J connectivity index is 1.17. The summed E-state index contributed by atoms with van der Waals surface area (Å²) in [7, 11) is 0. The van der Waals surface area contributed by atoms with Crippen molar-refractivity contribution in [2.45, 2.75) is 0 Å². The van der Waals surface area contributed by atoms with Crippen LogP contribution in [0.3, 0.4) is 0 Å². The fourth-order valence-corrected chi connectivity index (χ4v) is 5.31. The van der Waals surface area contributed by atoms with Crippen molar-refractivity contribution in [3.63, 3.8) is 0 Å². The SMILES string of the molecule is c1ccc(-n2ccc3nn(-c4cccc(Oc5ccc6c7ccccc7n(-c7ccccn7)c6c5)c4)cc32)nc1. The first kappa shape index (κ1) is 22.3. The van der Waals surface area contributed by atoms with Gasteiger partial charge in [0.15, 0.2) is 0 Å². The summed E-state index contributed by atoms with van der Waals surface area (Å²) in [4.78, 5) is 9.10. The molecule has 7 nitrogen and oxygen atoms in total. The summed E-state index contributed by atoms with van der Waals surface area (Å²) in [6, 6.07) is 36.4. The molecular formula is C33H22N6O. The molecule has 0 saturated heterocycles. The summed E-state index contributed by atoms with van der Waals surface area (Å²) in [5.41, 5.74) is 4.93. The Labute approximate surface area is 229 Å². The fraction of sp³-hybridized carbons (Fsp3) is 0. The highest BCUT2D eigenvalue weighted by Gasteiger charge is 2.14. The Bertz CT molecular complexity index is 2140. The van der Waals surface area contributed by atoms with Crippen molar-refractivity contribution in [2.24, 2.45) is 0 Å². The van der Waals surface area contributed by atoms with Crippen LogP contribution in [0.15, 0.2) is 134 Å². The van der Waals surface area contributed by atoms with E-state index in [9.17, 15) is 0 Å². The van der Waals surface area contributed by atoms with Gasteiger partial charge < -0.3 is 4.74 Å². The highest BCUT2D eigenvalue weighted by atomic mass is 16.5. The van der Waals surface area contributed by atoms with Gasteiger partial charge in [-0.3, -0.25) is 9.13 Å².